The van der Waals surface area contributed by atoms with E-state index in [1.165, 1.54) is 0 Å². The van der Waals surface area contributed by atoms with Crippen LogP contribution in [0.3, 0.4) is 0 Å². The molecule has 100 valence electrons. The Labute approximate surface area is 108 Å². The van der Waals surface area contributed by atoms with E-state index in [0.717, 1.165) is 50.5 Å². The van der Waals surface area contributed by atoms with Crippen molar-refractivity contribution in [3.63, 3.8) is 0 Å². The summed E-state index contributed by atoms with van der Waals surface area (Å²) in [6.07, 6.45) is 0.999. The van der Waals surface area contributed by atoms with E-state index < -0.39 is 0 Å². The molecule has 3 nitrogen and oxygen atoms in total. The first kappa shape index (κ1) is 13.3. The van der Waals surface area contributed by atoms with Crippen molar-refractivity contribution in [3.05, 3.63) is 29.6 Å². The van der Waals surface area contributed by atoms with E-state index in [1.54, 1.807) is 12.1 Å². The minimum Gasteiger partial charge on any atom is -0.380 e. The van der Waals surface area contributed by atoms with Crippen LogP contribution < -0.4 is 10.2 Å². The molecule has 0 atom stereocenters. The fraction of sp³-hybridized carbons (Fsp3) is 0.571. The number of hydrogen-bond donors (Lipinski definition) is 1. The third kappa shape index (κ3) is 3.68. The van der Waals surface area contributed by atoms with Crippen LogP contribution in [0.4, 0.5) is 10.1 Å². The lowest BCUT2D eigenvalue weighted by Crippen LogP contribution is -2.26. The fourth-order valence-corrected chi connectivity index (χ4v) is 2.19. The number of nitrogens with one attached hydrogen (secondary N) is 1. The van der Waals surface area contributed by atoms with Gasteiger partial charge in [-0.3, -0.25) is 0 Å². The smallest absolute Gasteiger partial charge is 0.125 e. The van der Waals surface area contributed by atoms with E-state index in [-0.39, 0.29) is 5.82 Å². The first-order chi connectivity index (χ1) is 8.79. The molecule has 1 aliphatic rings. The Bertz CT molecular complexity index is 376. The Kier molecular flexibility index (Phi) is 4.96. The number of hydrogen-bond acceptors (Lipinski definition) is 3. The zero-order chi connectivity index (χ0) is 12.8. The SMILES string of the molecule is CCNCc1cc(F)cc(N2CCCOCC2)c1. The molecule has 1 heterocycles. The molecular formula is C14H21FN2O. The van der Waals surface area contributed by atoms with Gasteiger partial charge in [0.25, 0.3) is 0 Å². The number of anilines is 1. The van der Waals surface area contributed by atoms with E-state index >= 15 is 0 Å². The van der Waals surface area contributed by atoms with Crippen molar-refractivity contribution in [1.29, 1.82) is 0 Å². The summed E-state index contributed by atoms with van der Waals surface area (Å²) in [5.41, 5.74) is 1.96. The van der Waals surface area contributed by atoms with Crippen LogP contribution in [0.1, 0.15) is 18.9 Å². The van der Waals surface area contributed by atoms with Gasteiger partial charge in [0.2, 0.25) is 0 Å². The summed E-state index contributed by atoms with van der Waals surface area (Å²) in [4.78, 5) is 2.20. The molecule has 0 radical (unpaired) electrons. The Morgan fingerprint density at radius 2 is 2.17 bits per heavy atom. The van der Waals surface area contributed by atoms with Crippen molar-refractivity contribution in [2.24, 2.45) is 0 Å². The normalized spacial score (nSPS) is 16.7. The molecule has 0 aliphatic carbocycles. The molecule has 0 aromatic heterocycles. The second-order valence-electron chi connectivity index (χ2n) is 4.55. The van der Waals surface area contributed by atoms with Crippen molar-refractivity contribution in [2.45, 2.75) is 19.9 Å². The van der Waals surface area contributed by atoms with E-state index in [9.17, 15) is 4.39 Å². The third-order valence-corrected chi connectivity index (χ3v) is 3.11. The maximum absolute atomic E-state index is 13.6. The average Bonchev–Trinajstić information content (AvgIpc) is 2.64. The van der Waals surface area contributed by atoms with Gasteiger partial charge < -0.3 is 15.0 Å². The highest BCUT2D eigenvalue weighted by Crippen LogP contribution is 2.20. The van der Waals surface area contributed by atoms with Gasteiger partial charge in [0, 0.05) is 31.9 Å². The van der Waals surface area contributed by atoms with Gasteiger partial charge >= 0.3 is 0 Å². The summed E-state index contributed by atoms with van der Waals surface area (Å²) in [7, 11) is 0. The van der Waals surface area contributed by atoms with E-state index in [1.807, 2.05) is 6.92 Å². The molecule has 1 aliphatic heterocycles. The van der Waals surface area contributed by atoms with Crippen molar-refractivity contribution >= 4 is 5.69 Å². The second kappa shape index (κ2) is 6.71. The lowest BCUT2D eigenvalue weighted by Gasteiger charge is -2.22. The van der Waals surface area contributed by atoms with Crippen LogP contribution >= 0.6 is 0 Å². The Balaban J connectivity index is 2.12. The van der Waals surface area contributed by atoms with Crippen LogP contribution in [-0.4, -0.2) is 32.8 Å². The minimum atomic E-state index is -0.162. The maximum Gasteiger partial charge on any atom is 0.125 e. The Hall–Kier alpha value is -1.13. The highest BCUT2D eigenvalue weighted by molar-refractivity contribution is 5.49. The summed E-state index contributed by atoms with van der Waals surface area (Å²) >= 11 is 0. The summed E-state index contributed by atoms with van der Waals surface area (Å²) in [5, 5.41) is 3.22. The molecule has 4 heteroatoms. The van der Waals surface area contributed by atoms with E-state index in [2.05, 4.69) is 16.3 Å². The van der Waals surface area contributed by atoms with Crippen LogP contribution in [0.25, 0.3) is 0 Å². The van der Waals surface area contributed by atoms with Gasteiger partial charge in [0.05, 0.1) is 6.61 Å². The van der Waals surface area contributed by atoms with Crippen LogP contribution in [0, 0.1) is 5.82 Å². The summed E-state index contributed by atoms with van der Waals surface area (Å²) < 4.78 is 19.0. The van der Waals surface area contributed by atoms with Crippen molar-refractivity contribution in [1.82, 2.24) is 5.32 Å². The number of benzene rings is 1. The molecule has 1 fully saturated rings. The van der Waals surface area contributed by atoms with Gasteiger partial charge in [-0.15, -0.1) is 0 Å². The standard InChI is InChI=1S/C14H21FN2O/c1-2-16-11-12-8-13(15)10-14(9-12)17-4-3-6-18-7-5-17/h8-10,16H,2-7,11H2,1H3. The highest BCUT2D eigenvalue weighted by Gasteiger charge is 2.11. The van der Waals surface area contributed by atoms with Gasteiger partial charge in [0.15, 0.2) is 0 Å². The third-order valence-electron chi connectivity index (χ3n) is 3.11. The fourth-order valence-electron chi connectivity index (χ4n) is 2.19. The Morgan fingerprint density at radius 3 is 3.00 bits per heavy atom. The van der Waals surface area contributed by atoms with Crippen LogP contribution in [0.2, 0.25) is 0 Å². The second-order valence-corrected chi connectivity index (χ2v) is 4.55. The van der Waals surface area contributed by atoms with Crippen molar-refractivity contribution in [2.75, 3.05) is 37.7 Å². The van der Waals surface area contributed by atoms with Crippen molar-refractivity contribution in [3.8, 4) is 0 Å². The maximum atomic E-state index is 13.6. The molecule has 1 N–H and O–H groups in total. The molecule has 2 rings (SSSR count). The predicted molar refractivity (Wildman–Crippen MR) is 71.4 cm³/mol. The number of nitrogens with zero attached hydrogens (tertiary/aromatic N) is 1. The predicted octanol–water partition coefficient (Wildman–Crippen LogP) is 2.16. The monoisotopic (exact) mass is 252 g/mol. The number of rotatable bonds is 4. The Morgan fingerprint density at radius 1 is 1.28 bits per heavy atom. The zero-order valence-corrected chi connectivity index (χ0v) is 10.9. The van der Waals surface area contributed by atoms with Gasteiger partial charge in [-0.2, -0.15) is 0 Å². The number of halogens is 1. The average molecular weight is 252 g/mol. The topological polar surface area (TPSA) is 24.5 Å². The van der Waals surface area contributed by atoms with Gasteiger partial charge in [-0.1, -0.05) is 6.92 Å². The molecule has 0 unspecified atom stereocenters. The summed E-state index contributed by atoms with van der Waals surface area (Å²) in [6, 6.07) is 5.28. The first-order valence-corrected chi connectivity index (χ1v) is 6.62. The molecule has 0 amide bonds. The zero-order valence-electron chi connectivity index (χ0n) is 10.9. The molecule has 0 spiro atoms. The van der Waals surface area contributed by atoms with Gasteiger partial charge in [0.1, 0.15) is 5.82 Å². The number of ether oxygens (including phenoxy) is 1. The lowest BCUT2D eigenvalue weighted by atomic mass is 10.1. The summed E-state index contributed by atoms with van der Waals surface area (Å²) in [5.74, 6) is -0.162. The lowest BCUT2D eigenvalue weighted by molar-refractivity contribution is 0.152. The highest BCUT2D eigenvalue weighted by atomic mass is 19.1. The van der Waals surface area contributed by atoms with Crippen molar-refractivity contribution < 1.29 is 9.13 Å². The van der Waals surface area contributed by atoms with Crippen LogP contribution in [0.5, 0.6) is 0 Å². The van der Waals surface area contributed by atoms with E-state index in [4.69, 9.17) is 4.74 Å². The molecule has 18 heavy (non-hydrogen) atoms. The van der Waals surface area contributed by atoms with E-state index in [0.29, 0.717) is 6.54 Å². The van der Waals surface area contributed by atoms with Gasteiger partial charge in [-0.25, -0.2) is 4.39 Å². The molecule has 0 saturated carbocycles. The summed E-state index contributed by atoms with van der Waals surface area (Å²) in [6.45, 7) is 6.95. The molecule has 1 saturated heterocycles. The largest absolute Gasteiger partial charge is 0.380 e. The molecular weight excluding hydrogens is 231 g/mol. The van der Waals surface area contributed by atoms with Crippen LogP contribution in [0.15, 0.2) is 18.2 Å². The first-order valence-electron chi connectivity index (χ1n) is 6.62. The molecule has 0 bridgehead atoms. The quantitative estimate of drug-likeness (QED) is 0.888. The molecule has 1 aromatic carbocycles. The van der Waals surface area contributed by atoms with Gasteiger partial charge in [-0.05, 0) is 36.7 Å². The minimum absolute atomic E-state index is 0.162. The van der Waals surface area contributed by atoms with Crippen LogP contribution in [-0.2, 0) is 11.3 Å². The molecule has 1 aromatic rings.